The van der Waals surface area contributed by atoms with Crippen LogP contribution in [0.25, 0.3) is 22.0 Å². The van der Waals surface area contributed by atoms with Gasteiger partial charge in [-0.1, -0.05) is 6.07 Å². The van der Waals surface area contributed by atoms with Crippen molar-refractivity contribution >= 4 is 28.9 Å². The highest BCUT2D eigenvalue weighted by Gasteiger charge is 2.24. The minimum atomic E-state index is -1.08. The van der Waals surface area contributed by atoms with Crippen molar-refractivity contribution < 1.29 is 14.7 Å². The van der Waals surface area contributed by atoms with Crippen LogP contribution in [0.4, 0.5) is 10.7 Å². The van der Waals surface area contributed by atoms with E-state index in [0.717, 1.165) is 40.4 Å². The molecule has 9 nitrogen and oxygen atoms in total. The number of amides is 2. The standard InChI is InChI=1S/C23H26N6O3/c1-13-10-24-19(20(30)27-16-5-6-16)9-17(13)14-4-7-18-15(8-14)11-25-21(28-18)29-23(2,3)12-26-22(31)32/h4,7-11,16,26H,5-6,12H2,1-3H3,(H,27,30)(H,31,32)(H,25,28,29). The third kappa shape index (κ3) is 5.11. The van der Waals surface area contributed by atoms with Crippen LogP contribution in [0.1, 0.15) is 42.7 Å². The third-order valence-corrected chi connectivity index (χ3v) is 5.27. The van der Waals surface area contributed by atoms with Gasteiger partial charge in [0.15, 0.2) is 0 Å². The molecule has 4 N–H and O–H groups in total. The van der Waals surface area contributed by atoms with E-state index >= 15 is 0 Å². The number of aryl methyl sites for hydroxylation is 1. The Bertz CT molecular complexity index is 1190. The number of carbonyl (C=O) groups excluding carboxylic acids is 1. The van der Waals surface area contributed by atoms with E-state index in [1.165, 1.54) is 0 Å². The minimum absolute atomic E-state index is 0.145. The van der Waals surface area contributed by atoms with Gasteiger partial charge in [0, 0.05) is 30.4 Å². The maximum absolute atomic E-state index is 12.4. The molecular weight excluding hydrogens is 408 g/mol. The first-order valence-corrected chi connectivity index (χ1v) is 10.5. The van der Waals surface area contributed by atoms with Gasteiger partial charge in [-0.25, -0.2) is 14.8 Å². The molecule has 2 amide bonds. The zero-order valence-corrected chi connectivity index (χ0v) is 18.3. The molecule has 0 spiro atoms. The van der Waals surface area contributed by atoms with Crippen molar-refractivity contribution in [1.82, 2.24) is 25.6 Å². The Hall–Kier alpha value is -3.75. The van der Waals surface area contributed by atoms with Gasteiger partial charge in [0.1, 0.15) is 5.69 Å². The lowest BCUT2D eigenvalue weighted by atomic mass is 10.00. The lowest BCUT2D eigenvalue weighted by Crippen LogP contribution is -2.44. The van der Waals surface area contributed by atoms with Crippen LogP contribution in [0.2, 0.25) is 0 Å². The summed E-state index contributed by atoms with van der Waals surface area (Å²) in [5, 5.41) is 18.2. The van der Waals surface area contributed by atoms with Gasteiger partial charge in [-0.3, -0.25) is 9.78 Å². The van der Waals surface area contributed by atoms with E-state index in [2.05, 4.69) is 30.9 Å². The molecule has 0 saturated heterocycles. The van der Waals surface area contributed by atoms with Crippen molar-refractivity contribution in [2.24, 2.45) is 0 Å². The van der Waals surface area contributed by atoms with Crippen molar-refractivity contribution in [2.75, 3.05) is 11.9 Å². The first-order valence-electron chi connectivity index (χ1n) is 10.5. The number of anilines is 1. The number of hydrogen-bond acceptors (Lipinski definition) is 6. The Balaban J connectivity index is 1.57. The highest BCUT2D eigenvalue weighted by atomic mass is 16.4. The summed E-state index contributed by atoms with van der Waals surface area (Å²) in [5.74, 6) is 0.273. The Labute approximate surface area is 185 Å². The third-order valence-electron chi connectivity index (χ3n) is 5.27. The van der Waals surface area contributed by atoms with Crippen molar-refractivity contribution in [2.45, 2.75) is 45.2 Å². The molecule has 1 aromatic carbocycles. The van der Waals surface area contributed by atoms with Gasteiger partial charge in [0.2, 0.25) is 5.95 Å². The highest BCUT2D eigenvalue weighted by Crippen LogP contribution is 2.28. The molecule has 9 heteroatoms. The van der Waals surface area contributed by atoms with Crippen LogP contribution < -0.4 is 16.0 Å². The second-order valence-electron chi connectivity index (χ2n) is 8.77. The number of hydrogen-bond donors (Lipinski definition) is 4. The molecule has 0 bridgehead atoms. The number of fused-ring (bicyclic) bond motifs is 1. The molecule has 1 fully saturated rings. The number of nitrogens with one attached hydrogen (secondary N) is 3. The summed E-state index contributed by atoms with van der Waals surface area (Å²) in [5.41, 5.74) is 3.47. The second-order valence-corrected chi connectivity index (χ2v) is 8.77. The molecule has 2 aromatic heterocycles. The van der Waals surface area contributed by atoms with E-state index in [9.17, 15) is 9.59 Å². The maximum atomic E-state index is 12.4. The van der Waals surface area contributed by atoms with E-state index in [0.29, 0.717) is 11.6 Å². The van der Waals surface area contributed by atoms with Crippen molar-refractivity contribution in [3.05, 3.63) is 47.9 Å². The normalized spacial score (nSPS) is 13.6. The molecule has 0 aliphatic heterocycles. The summed E-state index contributed by atoms with van der Waals surface area (Å²) in [7, 11) is 0. The van der Waals surface area contributed by atoms with Gasteiger partial charge in [-0.15, -0.1) is 0 Å². The predicted molar refractivity (Wildman–Crippen MR) is 122 cm³/mol. The predicted octanol–water partition coefficient (Wildman–Crippen LogP) is 3.35. The summed E-state index contributed by atoms with van der Waals surface area (Å²) < 4.78 is 0. The first kappa shape index (κ1) is 21.5. The van der Waals surface area contributed by atoms with Gasteiger partial charge in [-0.05, 0) is 68.5 Å². The molecule has 0 unspecified atom stereocenters. The Kier molecular flexibility index (Phi) is 5.65. The van der Waals surface area contributed by atoms with E-state index in [4.69, 9.17) is 5.11 Å². The molecular formula is C23H26N6O3. The van der Waals surface area contributed by atoms with E-state index in [-0.39, 0.29) is 18.5 Å². The molecule has 1 aliphatic rings. The largest absolute Gasteiger partial charge is 0.465 e. The molecule has 0 atom stereocenters. The average molecular weight is 435 g/mol. The Morgan fingerprint density at radius 1 is 1.16 bits per heavy atom. The molecule has 2 heterocycles. The number of carboxylic acid groups (broad SMARTS) is 1. The summed E-state index contributed by atoms with van der Waals surface area (Å²) in [6, 6.07) is 7.95. The van der Waals surface area contributed by atoms with Crippen LogP contribution in [0, 0.1) is 6.92 Å². The number of aromatic nitrogens is 3. The number of nitrogens with zero attached hydrogens (tertiary/aromatic N) is 3. The summed E-state index contributed by atoms with van der Waals surface area (Å²) in [4.78, 5) is 36.4. The summed E-state index contributed by atoms with van der Waals surface area (Å²) in [6.07, 6.45) is 4.43. The lowest BCUT2D eigenvalue weighted by Gasteiger charge is -2.25. The monoisotopic (exact) mass is 434 g/mol. The summed E-state index contributed by atoms with van der Waals surface area (Å²) in [6.45, 7) is 5.90. The molecule has 0 radical (unpaired) electrons. The highest BCUT2D eigenvalue weighted by molar-refractivity contribution is 5.94. The molecule has 1 aliphatic carbocycles. The number of pyridine rings is 1. The number of rotatable bonds is 7. The van der Waals surface area contributed by atoms with Gasteiger partial charge < -0.3 is 21.1 Å². The minimum Gasteiger partial charge on any atom is -0.465 e. The Morgan fingerprint density at radius 3 is 2.66 bits per heavy atom. The number of benzene rings is 1. The lowest BCUT2D eigenvalue weighted by molar-refractivity contribution is 0.0946. The van der Waals surface area contributed by atoms with E-state index in [1.54, 1.807) is 12.4 Å². The van der Waals surface area contributed by atoms with Crippen molar-refractivity contribution in [1.29, 1.82) is 0 Å². The summed E-state index contributed by atoms with van der Waals surface area (Å²) >= 11 is 0. The van der Waals surface area contributed by atoms with Crippen molar-refractivity contribution in [3.8, 4) is 11.1 Å². The first-order chi connectivity index (χ1) is 15.2. The quantitative estimate of drug-likeness (QED) is 0.449. The fourth-order valence-electron chi connectivity index (χ4n) is 3.35. The van der Waals surface area contributed by atoms with Crippen LogP contribution in [-0.2, 0) is 0 Å². The van der Waals surface area contributed by atoms with Crippen LogP contribution in [0.3, 0.4) is 0 Å². The SMILES string of the molecule is Cc1cnc(C(=O)NC2CC2)cc1-c1ccc2nc(NC(C)(C)CNC(=O)O)ncc2c1. The van der Waals surface area contributed by atoms with Crippen LogP contribution in [-0.4, -0.2) is 50.2 Å². The molecule has 1 saturated carbocycles. The Morgan fingerprint density at radius 2 is 1.94 bits per heavy atom. The zero-order chi connectivity index (χ0) is 22.9. The van der Waals surface area contributed by atoms with Crippen LogP contribution in [0.15, 0.2) is 36.7 Å². The van der Waals surface area contributed by atoms with E-state index in [1.807, 2.05) is 45.0 Å². The molecule has 32 heavy (non-hydrogen) atoms. The molecule has 4 rings (SSSR count). The second kappa shape index (κ2) is 8.41. The number of carbonyl (C=O) groups is 2. The van der Waals surface area contributed by atoms with Crippen LogP contribution in [0.5, 0.6) is 0 Å². The van der Waals surface area contributed by atoms with Gasteiger partial charge in [0.05, 0.1) is 11.1 Å². The molecule has 3 aromatic rings. The maximum Gasteiger partial charge on any atom is 0.404 e. The fraction of sp³-hybridized carbons (Fsp3) is 0.348. The zero-order valence-electron chi connectivity index (χ0n) is 18.3. The van der Waals surface area contributed by atoms with Gasteiger partial charge in [-0.2, -0.15) is 0 Å². The fourth-order valence-corrected chi connectivity index (χ4v) is 3.35. The van der Waals surface area contributed by atoms with Crippen LogP contribution >= 0.6 is 0 Å². The van der Waals surface area contributed by atoms with Gasteiger partial charge in [0.25, 0.3) is 5.91 Å². The molecule has 166 valence electrons. The average Bonchev–Trinajstić information content (AvgIpc) is 3.56. The van der Waals surface area contributed by atoms with Crippen molar-refractivity contribution in [3.63, 3.8) is 0 Å². The smallest absolute Gasteiger partial charge is 0.404 e. The van der Waals surface area contributed by atoms with Gasteiger partial charge >= 0.3 is 6.09 Å². The topological polar surface area (TPSA) is 129 Å². The van der Waals surface area contributed by atoms with E-state index < -0.39 is 11.6 Å².